The number of aliphatic hydroxyl groups excluding tert-OH is 1. The van der Waals surface area contributed by atoms with Crippen molar-refractivity contribution in [3.8, 4) is 0 Å². The van der Waals surface area contributed by atoms with E-state index in [1.807, 2.05) is 0 Å². The zero-order valence-corrected chi connectivity index (χ0v) is 14.8. The van der Waals surface area contributed by atoms with E-state index in [4.69, 9.17) is 0 Å². The monoisotopic (exact) mass is 357 g/mol. The summed E-state index contributed by atoms with van der Waals surface area (Å²) in [5, 5.41) is 21.2. The zero-order valence-electron chi connectivity index (χ0n) is 14.0. The zero-order chi connectivity index (χ0) is 18.1. The molecule has 1 saturated heterocycles. The van der Waals surface area contributed by atoms with Crippen LogP contribution in [0, 0.1) is 10.1 Å². The minimum atomic E-state index is -3.85. The molecule has 1 atom stereocenters. The second-order valence-corrected chi connectivity index (χ2v) is 8.69. The molecule has 0 bridgehead atoms. The fraction of sp³-hybridized carbons (Fsp3) is 0.600. The maximum atomic E-state index is 12.4. The van der Waals surface area contributed by atoms with Gasteiger partial charge in [-0.2, -0.15) is 0 Å². The molecule has 0 spiro atoms. The predicted octanol–water partition coefficient (Wildman–Crippen LogP) is 1.63. The summed E-state index contributed by atoms with van der Waals surface area (Å²) in [6.45, 7) is 5.98. The molecule has 1 aromatic carbocycles. The van der Waals surface area contributed by atoms with E-state index in [9.17, 15) is 23.6 Å². The Morgan fingerprint density at radius 3 is 2.58 bits per heavy atom. The molecule has 1 heterocycles. The molecule has 1 fully saturated rings. The Morgan fingerprint density at radius 1 is 1.38 bits per heavy atom. The van der Waals surface area contributed by atoms with Gasteiger partial charge in [-0.3, -0.25) is 10.1 Å². The first-order valence-corrected chi connectivity index (χ1v) is 9.23. The molecule has 24 heavy (non-hydrogen) atoms. The van der Waals surface area contributed by atoms with Crippen LogP contribution in [0.2, 0.25) is 0 Å². The van der Waals surface area contributed by atoms with Crippen LogP contribution in [-0.4, -0.2) is 43.2 Å². The van der Waals surface area contributed by atoms with E-state index in [0.717, 1.165) is 12.5 Å². The molecule has 0 aliphatic carbocycles. The molecule has 1 aliphatic heterocycles. The highest BCUT2D eigenvalue weighted by molar-refractivity contribution is 7.89. The van der Waals surface area contributed by atoms with Gasteiger partial charge in [-0.25, -0.2) is 13.1 Å². The lowest BCUT2D eigenvalue weighted by Crippen LogP contribution is -2.40. The normalized spacial score (nSPS) is 19.3. The number of rotatable bonds is 4. The first-order valence-electron chi connectivity index (χ1n) is 7.75. The highest BCUT2D eigenvalue weighted by Crippen LogP contribution is 2.32. The molecule has 134 valence electrons. The summed E-state index contributed by atoms with van der Waals surface area (Å²) in [6, 6.07) is 3.87. The highest BCUT2D eigenvalue weighted by Gasteiger charge is 2.28. The Labute approximate surface area is 141 Å². The van der Waals surface area contributed by atoms with Gasteiger partial charge >= 0.3 is 0 Å². The number of nitro groups is 1. The highest BCUT2D eigenvalue weighted by atomic mass is 32.2. The Balaban J connectivity index is 2.42. The third-order valence-corrected chi connectivity index (χ3v) is 5.39. The van der Waals surface area contributed by atoms with Gasteiger partial charge in [0, 0.05) is 24.7 Å². The number of piperidine rings is 1. The number of β-amino-alcohol motifs (C(OH)–C–C–N with tert-alkyl or cyclic N) is 1. The number of sulfonamides is 1. The van der Waals surface area contributed by atoms with Crippen LogP contribution in [0.3, 0.4) is 0 Å². The van der Waals surface area contributed by atoms with Crippen molar-refractivity contribution in [2.24, 2.45) is 0 Å². The standard InChI is InChI=1S/C15H23N3O5S/c1-15(2,3)16-24(22,23)12-6-7-13(14(9-12)18(20)21)17-8-4-5-11(19)10-17/h6-7,9,11,16,19H,4-5,8,10H2,1-3H3/t11-/m0/s1. The lowest BCUT2D eigenvalue weighted by atomic mass is 10.1. The Morgan fingerprint density at radius 2 is 2.04 bits per heavy atom. The predicted molar refractivity (Wildman–Crippen MR) is 90.6 cm³/mol. The van der Waals surface area contributed by atoms with Crippen LogP contribution in [0.5, 0.6) is 0 Å². The molecule has 1 aliphatic rings. The van der Waals surface area contributed by atoms with E-state index >= 15 is 0 Å². The van der Waals surface area contributed by atoms with Crippen molar-refractivity contribution >= 4 is 21.4 Å². The second-order valence-electron chi connectivity index (χ2n) is 7.01. The summed E-state index contributed by atoms with van der Waals surface area (Å²) < 4.78 is 27.2. The summed E-state index contributed by atoms with van der Waals surface area (Å²) in [7, 11) is -3.85. The number of benzene rings is 1. The Bertz CT molecular complexity index is 727. The van der Waals surface area contributed by atoms with Gasteiger partial charge in [-0.1, -0.05) is 0 Å². The van der Waals surface area contributed by atoms with Gasteiger partial charge in [-0.05, 0) is 45.7 Å². The summed E-state index contributed by atoms with van der Waals surface area (Å²) in [5.41, 5.74) is -0.641. The molecule has 0 saturated carbocycles. The molecule has 1 aromatic rings. The van der Waals surface area contributed by atoms with Gasteiger partial charge in [0.1, 0.15) is 5.69 Å². The Hall–Kier alpha value is -1.71. The number of nitro benzene ring substituents is 1. The summed E-state index contributed by atoms with van der Waals surface area (Å²) >= 11 is 0. The lowest BCUT2D eigenvalue weighted by molar-refractivity contribution is -0.384. The van der Waals surface area contributed by atoms with E-state index in [2.05, 4.69) is 4.72 Å². The topological polar surface area (TPSA) is 113 Å². The third kappa shape index (κ3) is 4.43. The molecule has 0 amide bonds. The largest absolute Gasteiger partial charge is 0.391 e. The van der Waals surface area contributed by atoms with Crippen molar-refractivity contribution in [1.82, 2.24) is 4.72 Å². The van der Waals surface area contributed by atoms with Crippen molar-refractivity contribution in [2.45, 2.75) is 50.2 Å². The summed E-state index contributed by atoms with van der Waals surface area (Å²) in [6.07, 6.45) is 0.847. The number of anilines is 1. The van der Waals surface area contributed by atoms with Crippen LogP contribution >= 0.6 is 0 Å². The molecule has 0 unspecified atom stereocenters. The van der Waals surface area contributed by atoms with Crippen LogP contribution in [0.25, 0.3) is 0 Å². The number of aliphatic hydroxyl groups is 1. The van der Waals surface area contributed by atoms with E-state index < -0.39 is 26.6 Å². The first kappa shape index (κ1) is 18.6. The molecule has 9 heteroatoms. The minimum Gasteiger partial charge on any atom is -0.391 e. The summed E-state index contributed by atoms with van der Waals surface area (Å²) in [4.78, 5) is 12.4. The number of hydrogen-bond donors (Lipinski definition) is 2. The maximum absolute atomic E-state index is 12.4. The molecular weight excluding hydrogens is 334 g/mol. The van der Waals surface area contributed by atoms with Crippen molar-refractivity contribution in [2.75, 3.05) is 18.0 Å². The maximum Gasteiger partial charge on any atom is 0.293 e. The molecule has 2 rings (SSSR count). The molecule has 8 nitrogen and oxygen atoms in total. The molecule has 0 radical (unpaired) electrons. The number of nitrogens with one attached hydrogen (secondary N) is 1. The van der Waals surface area contributed by atoms with Gasteiger partial charge < -0.3 is 10.0 Å². The SMILES string of the molecule is CC(C)(C)NS(=O)(=O)c1ccc(N2CCC[C@H](O)C2)c([N+](=O)[O-])c1. The van der Waals surface area contributed by atoms with E-state index in [0.29, 0.717) is 25.2 Å². The number of hydrogen-bond acceptors (Lipinski definition) is 6. The van der Waals surface area contributed by atoms with Crippen LogP contribution in [0.15, 0.2) is 23.1 Å². The quantitative estimate of drug-likeness (QED) is 0.625. The van der Waals surface area contributed by atoms with Gasteiger partial charge in [0.2, 0.25) is 10.0 Å². The lowest BCUT2D eigenvalue weighted by Gasteiger charge is -2.31. The van der Waals surface area contributed by atoms with Crippen molar-refractivity contribution in [3.63, 3.8) is 0 Å². The van der Waals surface area contributed by atoms with Crippen LogP contribution < -0.4 is 9.62 Å². The van der Waals surface area contributed by atoms with Crippen LogP contribution in [0.4, 0.5) is 11.4 Å². The molecule has 0 aromatic heterocycles. The van der Waals surface area contributed by atoms with Crippen molar-refractivity contribution in [3.05, 3.63) is 28.3 Å². The van der Waals surface area contributed by atoms with Crippen molar-refractivity contribution in [1.29, 1.82) is 0 Å². The van der Waals surface area contributed by atoms with Gasteiger partial charge in [0.25, 0.3) is 5.69 Å². The smallest absolute Gasteiger partial charge is 0.293 e. The number of nitrogens with zero attached hydrogens (tertiary/aromatic N) is 2. The average Bonchev–Trinajstić information content (AvgIpc) is 2.44. The van der Waals surface area contributed by atoms with E-state index in [-0.39, 0.29) is 10.6 Å². The molecular formula is C15H23N3O5S. The minimum absolute atomic E-state index is 0.148. The second kappa shape index (κ2) is 6.66. The third-order valence-electron chi connectivity index (χ3n) is 3.63. The van der Waals surface area contributed by atoms with E-state index in [1.165, 1.54) is 12.1 Å². The van der Waals surface area contributed by atoms with Crippen LogP contribution in [-0.2, 0) is 10.0 Å². The fourth-order valence-corrected chi connectivity index (χ4v) is 4.16. The van der Waals surface area contributed by atoms with Gasteiger partial charge in [0.05, 0.1) is 15.9 Å². The van der Waals surface area contributed by atoms with Gasteiger partial charge in [0.15, 0.2) is 0 Å². The van der Waals surface area contributed by atoms with Crippen LogP contribution in [0.1, 0.15) is 33.6 Å². The molecule has 2 N–H and O–H groups in total. The van der Waals surface area contributed by atoms with Gasteiger partial charge in [-0.15, -0.1) is 0 Å². The van der Waals surface area contributed by atoms with E-state index in [1.54, 1.807) is 25.7 Å². The Kier molecular flexibility index (Phi) is 5.17. The first-order chi connectivity index (χ1) is 11.0. The van der Waals surface area contributed by atoms with Crippen molar-refractivity contribution < 1.29 is 18.4 Å². The summed E-state index contributed by atoms with van der Waals surface area (Å²) in [5.74, 6) is 0. The average molecular weight is 357 g/mol. The fourth-order valence-electron chi connectivity index (χ4n) is 2.72.